The first-order valence-electron chi connectivity index (χ1n) is 38.3. The minimum Gasteiger partial charge on any atom is -0.311 e. The van der Waals surface area contributed by atoms with Gasteiger partial charge in [0, 0.05) is 78.2 Å². The molecule has 2 aliphatic heterocycles. The number of benzene rings is 11. The van der Waals surface area contributed by atoms with Gasteiger partial charge in [-0.25, -0.2) is 0 Å². The molecule has 5 heteroatoms. The Bertz CT molecular complexity index is 5300. The fraction of sp³-hybridized carbons (Fsp3) is 0.327. The normalized spacial score (nSPS) is 16.6. The Hall–Kier alpha value is -9.32. The van der Waals surface area contributed by atoms with Crippen LogP contribution in [0.1, 0.15) is 209 Å². The average Bonchev–Trinajstić information content (AvgIpc) is 1.46. The van der Waals surface area contributed by atoms with Gasteiger partial charge in [-0.2, -0.15) is 0 Å². The molecule has 4 nitrogen and oxygen atoms in total. The highest BCUT2D eigenvalue weighted by Gasteiger charge is 2.46. The van der Waals surface area contributed by atoms with Crippen molar-refractivity contribution >= 4 is 101 Å². The van der Waals surface area contributed by atoms with Gasteiger partial charge in [-0.15, -0.1) is 0 Å². The summed E-state index contributed by atoms with van der Waals surface area (Å²) in [5.41, 5.74) is 34.4. The molecule has 0 spiro atoms. The summed E-state index contributed by atoms with van der Waals surface area (Å²) in [5, 5.41) is 5.01. The highest BCUT2D eigenvalue weighted by Crippen LogP contribution is 2.54. The third-order valence-corrected chi connectivity index (χ3v) is 25.0. The van der Waals surface area contributed by atoms with Crippen LogP contribution in [0.3, 0.4) is 0 Å². The van der Waals surface area contributed by atoms with Crippen LogP contribution in [-0.4, -0.2) is 15.8 Å². The van der Waals surface area contributed by atoms with E-state index in [0.29, 0.717) is 0 Å². The Morgan fingerprint density at radius 1 is 0.291 bits per heavy atom. The number of hydrogen-bond donors (Lipinski definition) is 0. The zero-order valence-electron chi connectivity index (χ0n) is 64.9. The van der Waals surface area contributed by atoms with Crippen LogP contribution in [0.2, 0.25) is 0 Å². The van der Waals surface area contributed by atoms with Crippen molar-refractivity contribution in [2.45, 2.75) is 207 Å². The molecule has 0 bridgehead atoms. The third kappa shape index (κ3) is 10.6. The van der Waals surface area contributed by atoms with E-state index >= 15 is 0 Å². The van der Waals surface area contributed by atoms with Crippen molar-refractivity contribution in [3.05, 3.63) is 257 Å². The third-order valence-electron chi connectivity index (χ3n) is 25.0. The molecule has 4 heterocycles. The second-order valence-corrected chi connectivity index (χ2v) is 38.0. The summed E-state index contributed by atoms with van der Waals surface area (Å²) in [6, 6.07) is 84.6. The van der Waals surface area contributed by atoms with E-state index in [1.807, 2.05) is 0 Å². The Morgan fingerprint density at radius 2 is 0.621 bits per heavy atom. The van der Waals surface area contributed by atoms with Crippen LogP contribution in [0.25, 0.3) is 77.2 Å². The summed E-state index contributed by atoms with van der Waals surface area (Å²) in [5.74, 6) is 0. The smallest absolute Gasteiger partial charge is 0.252 e. The first-order valence-corrected chi connectivity index (χ1v) is 38.3. The quantitative estimate of drug-likeness (QED) is 0.154. The lowest BCUT2D eigenvalue weighted by Gasteiger charge is -2.46. The summed E-state index contributed by atoms with van der Waals surface area (Å²) in [4.78, 5) is 5.36. The van der Waals surface area contributed by atoms with Gasteiger partial charge >= 0.3 is 0 Å². The van der Waals surface area contributed by atoms with Crippen LogP contribution in [0, 0.1) is 0 Å². The van der Waals surface area contributed by atoms with Gasteiger partial charge in [-0.3, -0.25) is 0 Å². The van der Waals surface area contributed by atoms with E-state index in [4.69, 9.17) is 0 Å². The number of hydrogen-bond acceptors (Lipinski definition) is 2. The van der Waals surface area contributed by atoms with Gasteiger partial charge in [-0.05, 0) is 214 Å². The zero-order valence-corrected chi connectivity index (χ0v) is 64.9. The Labute approximate surface area is 613 Å². The van der Waals surface area contributed by atoms with Gasteiger partial charge in [0.25, 0.3) is 6.71 Å². The van der Waals surface area contributed by atoms with E-state index in [0.717, 1.165) is 37.1 Å². The molecule has 11 aromatic carbocycles. The summed E-state index contributed by atoms with van der Waals surface area (Å²) in [6.45, 7) is 47.9. The lowest BCUT2D eigenvalue weighted by Crippen LogP contribution is -2.61. The fourth-order valence-electron chi connectivity index (χ4n) is 18.5. The molecule has 0 amide bonds. The van der Waals surface area contributed by atoms with E-state index in [1.165, 1.54) is 161 Å². The van der Waals surface area contributed by atoms with Crippen molar-refractivity contribution in [2.75, 3.05) is 9.80 Å². The molecule has 518 valence electrons. The molecule has 17 rings (SSSR count). The summed E-state index contributed by atoms with van der Waals surface area (Å²) >= 11 is 0. The van der Waals surface area contributed by atoms with Crippen LogP contribution in [0.4, 0.5) is 34.1 Å². The second kappa shape index (κ2) is 22.6. The maximum Gasteiger partial charge on any atom is 0.252 e. The summed E-state index contributed by atoms with van der Waals surface area (Å²) in [7, 11) is 0. The molecular formula is C98H103BN4. The predicted molar refractivity (Wildman–Crippen MR) is 445 cm³/mol. The average molecular weight is 1350 g/mol. The van der Waals surface area contributed by atoms with E-state index < -0.39 is 0 Å². The highest BCUT2D eigenvalue weighted by molar-refractivity contribution is 7.00. The van der Waals surface area contributed by atoms with E-state index in [-0.39, 0.29) is 50.0 Å². The Morgan fingerprint density at radius 3 is 0.990 bits per heavy atom. The molecule has 103 heavy (non-hydrogen) atoms. The molecule has 0 N–H and O–H groups in total. The number of aromatic nitrogens is 2. The molecule has 0 fully saturated rings. The van der Waals surface area contributed by atoms with Crippen molar-refractivity contribution in [3.8, 4) is 33.6 Å². The number of para-hydroxylation sites is 4. The topological polar surface area (TPSA) is 16.3 Å². The lowest BCUT2D eigenvalue weighted by atomic mass is 9.33. The predicted octanol–water partition coefficient (Wildman–Crippen LogP) is 25.2. The minimum absolute atomic E-state index is 0.0122. The zero-order chi connectivity index (χ0) is 72.4. The largest absolute Gasteiger partial charge is 0.311 e. The van der Waals surface area contributed by atoms with Gasteiger partial charge in [-0.1, -0.05) is 278 Å². The molecule has 0 atom stereocenters. The van der Waals surface area contributed by atoms with Crippen molar-refractivity contribution in [1.29, 1.82) is 0 Å². The maximum absolute atomic E-state index is 2.68. The van der Waals surface area contributed by atoms with Crippen LogP contribution in [0.15, 0.2) is 212 Å². The van der Waals surface area contributed by atoms with Gasteiger partial charge in [0.1, 0.15) is 0 Å². The first-order chi connectivity index (χ1) is 48.6. The van der Waals surface area contributed by atoms with E-state index in [1.54, 1.807) is 0 Å². The number of anilines is 6. The van der Waals surface area contributed by atoms with E-state index in [2.05, 4.69) is 370 Å². The SMILES string of the molecule is CC(C)(C)c1cc(-c2cccc3c4ccccc4n(-c4ccc5c(c4)N(c4ccc6c(c4)C(C)(C)CCC6(C)C)c4cccc6c4B5c4ccc(-n5c7ccccc7c7cccc(-c8cc(C(C)(C)C)cc(C(C)(C)C)c8)c75)cc4N6c4ccc5c(c4)C(C)(C)CCC5(C)C)c23)cc(C(C)(C)C)c1. The van der Waals surface area contributed by atoms with Gasteiger partial charge in [0.2, 0.25) is 0 Å². The first kappa shape index (κ1) is 66.9. The molecule has 2 aromatic heterocycles. The van der Waals surface area contributed by atoms with Gasteiger partial charge in [0.15, 0.2) is 0 Å². The lowest BCUT2D eigenvalue weighted by molar-refractivity contribution is 0.332. The molecule has 4 aliphatic rings. The fourth-order valence-corrected chi connectivity index (χ4v) is 18.5. The Kier molecular flexibility index (Phi) is 14.7. The Balaban J connectivity index is 0.958. The van der Waals surface area contributed by atoms with Crippen LogP contribution >= 0.6 is 0 Å². The molecule has 0 saturated heterocycles. The highest BCUT2D eigenvalue weighted by atomic mass is 15.2. The van der Waals surface area contributed by atoms with Crippen LogP contribution < -0.4 is 26.2 Å². The molecule has 0 unspecified atom stereocenters. The molecular weight excluding hydrogens is 1240 g/mol. The molecule has 13 aromatic rings. The number of rotatable bonds is 6. The summed E-state index contributed by atoms with van der Waals surface area (Å²) in [6.07, 6.45) is 4.58. The minimum atomic E-state index is -0.123. The molecule has 2 aliphatic carbocycles. The van der Waals surface area contributed by atoms with Crippen LogP contribution in [0.5, 0.6) is 0 Å². The van der Waals surface area contributed by atoms with Crippen molar-refractivity contribution in [1.82, 2.24) is 9.13 Å². The number of fused-ring (bicyclic) bond motifs is 12. The van der Waals surface area contributed by atoms with E-state index in [9.17, 15) is 0 Å². The number of nitrogens with zero attached hydrogens (tertiary/aromatic N) is 4. The summed E-state index contributed by atoms with van der Waals surface area (Å²) < 4.78 is 5.21. The maximum atomic E-state index is 2.68. The van der Waals surface area contributed by atoms with Crippen molar-refractivity contribution in [2.24, 2.45) is 0 Å². The molecule has 0 radical (unpaired) electrons. The van der Waals surface area contributed by atoms with Crippen LogP contribution in [-0.2, 0) is 43.3 Å². The molecule has 0 saturated carbocycles. The van der Waals surface area contributed by atoms with Crippen molar-refractivity contribution in [3.63, 3.8) is 0 Å². The van der Waals surface area contributed by atoms with Crippen molar-refractivity contribution < 1.29 is 0 Å². The monoisotopic (exact) mass is 1350 g/mol. The second-order valence-electron chi connectivity index (χ2n) is 38.0. The van der Waals surface area contributed by atoms with Gasteiger partial charge < -0.3 is 18.9 Å². The van der Waals surface area contributed by atoms with Gasteiger partial charge in [0.05, 0.1) is 22.1 Å². The standard InChI is InChI=1S/C98H103BN4/c1-91(2,3)62-50-60(51-63(54-62)92(4,5)6)70-30-25-32-74-72-28-21-23-34-82(72)102(89(70)74)68-40-44-80-86(58-68)100(66-38-42-76-78(56-66)97(17,18)48-46-95(76,13)14)84-36-27-37-85-88(84)99(80)81-45-41-69(59-87(81)101(85)67-39-43-77-79(57-67)98(19,20)49-47-96(77,15)16)103-83-35-24-22-29-73(83)75-33-26-31-71(90(75)103)61-52-64(93(7,8)9)55-65(53-61)94(10,11)12/h21-45,50-59H,46-49H2,1-20H3.